The summed E-state index contributed by atoms with van der Waals surface area (Å²) < 4.78 is 8.25. The van der Waals surface area contributed by atoms with Gasteiger partial charge in [-0.2, -0.15) is 13.8 Å². The third kappa shape index (κ3) is 132. The van der Waals surface area contributed by atoms with Crippen molar-refractivity contribution in [3.05, 3.63) is 13.8 Å². The van der Waals surface area contributed by atoms with Gasteiger partial charge >= 0.3 is 23.7 Å². The molecule has 0 saturated carbocycles. The predicted octanol–water partition coefficient (Wildman–Crippen LogP) is 3.12. The van der Waals surface area contributed by atoms with Crippen molar-refractivity contribution < 1.29 is 33.9 Å². The van der Waals surface area contributed by atoms with E-state index in [2.05, 4.69) is 27.7 Å². The van der Waals surface area contributed by atoms with Crippen molar-refractivity contribution in [2.24, 2.45) is 0 Å². The van der Waals surface area contributed by atoms with E-state index in [-0.39, 0.29) is 0 Å². The summed E-state index contributed by atoms with van der Waals surface area (Å²) >= 11 is 0.750. The van der Waals surface area contributed by atoms with Crippen molar-refractivity contribution >= 4 is 0 Å². The first kappa shape index (κ1) is 29.9. The van der Waals surface area contributed by atoms with Gasteiger partial charge < -0.3 is 24.1 Å². The Kier molecular flexibility index (Phi) is 145. The van der Waals surface area contributed by atoms with E-state index in [1.54, 1.807) is 13.8 Å². The molecule has 0 aromatic carbocycles. The van der Waals surface area contributed by atoms with Gasteiger partial charge in [-0.15, -0.1) is 0 Å². The van der Waals surface area contributed by atoms with Crippen LogP contribution in [0.4, 0.5) is 0 Å². The topological polar surface area (TPSA) is 57.5 Å². The second-order valence-corrected chi connectivity index (χ2v) is 2.15. The molecule has 0 radical (unpaired) electrons. The van der Waals surface area contributed by atoms with Crippen LogP contribution in [0.15, 0.2) is 0 Å². The Bertz CT molecular complexity index is 45.5. The van der Waals surface area contributed by atoms with Gasteiger partial charge in [0.25, 0.3) is 0 Å². The van der Waals surface area contributed by atoms with E-state index >= 15 is 0 Å². The first-order chi connectivity index (χ1) is 7.83. The molecule has 4 heteroatoms. The summed E-state index contributed by atoms with van der Waals surface area (Å²) in [5.41, 5.74) is 0. The molecule has 0 amide bonds. The van der Waals surface area contributed by atoms with E-state index < -0.39 is 0 Å². The second-order valence-electron chi connectivity index (χ2n) is 2.15. The number of unbranched alkanes of at least 4 members (excludes halogenated alkanes) is 2. The molecule has 0 fully saturated rings. The SMILES string of the molecule is CCCCO.CCCCO.[CH2-]C.[CH2-]C.[O]=[Ti+2]. The third-order valence-electron chi connectivity index (χ3n) is 1.02. The molecule has 0 rings (SSSR count). The monoisotopic (exact) mass is 270 g/mol. The fourth-order valence-electron chi connectivity index (χ4n) is 0.316. The molecular weight excluding hydrogens is 240 g/mol. The first-order valence-corrected chi connectivity index (χ1v) is 6.30. The summed E-state index contributed by atoms with van der Waals surface area (Å²) in [6, 6.07) is 0. The van der Waals surface area contributed by atoms with Gasteiger partial charge in [0.2, 0.25) is 0 Å². The van der Waals surface area contributed by atoms with Crippen LogP contribution in [-0.2, 0) is 23.7 Å². The van der Waals surface area contributed by atoms with Crippen LogP contribution in [-0.4, -0.2) is 23.4 Å². The normalized spacial score (nSPS) is 6.38. The molecule has 0 atom stereocenters. The van der Waals surface area contributed by atoms with Gasteiger partial charge in [-0.3, -0.25) is 0 Å². The van der Waals surface area contributed by atoms with Crippen molar-refractivity contribution in [3.63, 3.8) is 0 Å². The van der Waals surface area contributed by atoms with Crippen LogP contribution >= 0.6 is 0 Å². The minimum atomic E-state index is 0.344. The first-order valence-electron chi connectivity index (χ1n) is 5.67. The summed E-state index contributed by atoms with van der Waals surface area (Å²) in [5.74, 6) is 0. The molecular formula is C12H30O3Ti. The van der Waals surface area contributed by atoms with Gasteiger partial charge in [0.05, 0.1) is 0 Å². The van der Waals surface area contributed by atoms with Gasteiger partial charge in [-0.05, 0) is 12.8 Å². The number of aliphatic hydroxyl groups excluding tert-OH is 2. The van der Waals surface area contributed by atoms with Gasteiger partial charge in [-0.25, -0.2) is 0 Å². The Balaban J connectivity index is -0.0000000345. The van der Waals surface area contributed by atoms with Crippen LogP contribution in [0.3, 0.4) is 0 Å². The predicted molar refractivity (Wildman–Crippen MR) is 66.7 cm³/mol. The molecule has 100 valence electrons. The standard InChI is InChI=1S/2C4H10O.2C2H5.O.Ti/c2*1-2-3-4-5;2*1-2;;/h2*5H,2-4H2,1H3;2*1H2,2H3;;/q;;2*-1;;+2. The van der Waals surface area contributed by atoms with Crippen LogP contribution in [0.1, 0.15) is 53.4 Å². The molecule has 2 N–H and O–H groups in total. The summed E-state index contributed by atoms with van der Waals surface area (Å²) in [4.78, 5) is 0. The van der Waals surface area contributed by atoms with Crippen LogP contribution in [0.25, 0.3) is 0 Å². The fourth-order valence-corrected chi connectivity index (χ4v) is 0.316. The Labute approximate surface area is 114 Å². The molecule has 0 saturated heterocycles. The van der Waals surface area contributed by atoms with Crippen molar-refractivity contribution in [2.75, 3.05) is 13.2 Å². The van der Waals surface area contributed by atoms with Gasteiger partial charge in [0.15, 0.2) is 0 Å². The Morgan fingerprint density at radius 2 is 1.00 bits per heavy atom. The zero-order chi connectivity index (χ0) is 14.2. The van der Waals surface area contributed by atoms with E-state index in [4.69, 9.17) is 13.5 Å². The van der Waals surface area contributed by atoms with Crippen LogP contribution in [0.5, 0.6) is 0 Å². The van der Waals surface area contributed by atoms with Crippen LogP contribution < -0.4 is 0 Å². The average molecular weight is 270 g/mol. The van der Waals surface area contributed by atoms with E-state index in [0.29, 0.717) is 13.2 Å². The Morgan fingerprint density at radius 3 is 1.00 bits per heavy atom. The minimum absolute atomic E-state index is 0.344. The Morgan fingerprint density at radius 1 is 0.812 bits per heavy atom. The van der Waals surface area contributed by atoms with Crippen LogP contribution in [0, 0.1) is 13.8 Å². The van der Waals surface area contributed by atoms with Gasteiger partial charge in [-0.1, -0.05) is 26.7 Å². The molecule has 0 aliphatic rings. The molecule has 3 nitrogen and oxygen atoms in total. The summed E-state index contributed by atoms with van der Waals surface area (Å²) in [7, 11) is 0. The van der Waals surface area contributed by atoms with E-state index in [1.807, 2.05) is 0 Å². The molecule has 16 heavy (non-hydrogen) atoms. The molecule has 0 bridgehead atoms. The number of hydrogen-bond donors (Lipinski definition) is 2. The molecule has 0 aliphatic heterocycles. The molecule has 0 aromatic heterocycles. The van der Waals surface area contributed by atoms with E-state index in [9.17, 15) is 0 Å². The van der Waals surface area contributed by atoms with Crippen molar-refractivity contribution in [1.82, 2.24) is 0 Å². The number of rotatable bonds is 4. The zero-order valence-corrected chi connectivity index (χ0v) is 13.0. The number of hydrogen-bond acceptors (Lipinski definition) is 3. The van der Waals surface area contributed by atoms with Gasteiger partial charge in [0.1, 0.15) is 0 Å². The fraction of sp³-hybridized carbons (Fsp3) is 0.833. The quantitative estimate of drug-likeness (QED) is 0.609. The second kappa shape index (κ2) is 77.7. The van der Waals surface area contributed by atoms with Crippen molar-refractivity contribution in [2.45, 2.75) is 53.4 Å². The molecule has 0 heterocycles. The molecule has 0 aliphatic carbocycles. The van der Waals surface area contributed by atoms with E-state index in [1.165, 1.54) is 0 Å². The summed E-state index contributed by atoms with van der Waals surface area (Å²) in [6.45, 7) is 14.8. The average Bonchev–Trinajstić information content (AvgIpc) is 2.39. The van der Waals surface area contributed by atoms with Crippen molar-refractivity contribution in [3.8, 4) is 0 Å². The maximum absolute atomic E-state index is 8.25. The number of aliphatic hydroxyl groups is 2. The zero-order valence-electron chi connectivity index (χ0n) is 11.5. The Hall–Kier alpha value is 0.434. The van der Waals surface area contributed by atoms with Gasteiger partial charge in [0, 0.05) is 13.2 Å². The summed E-state index contributed by atoms with van der Waals surface area (Å²) in [5, 5.41) is 16.1. The molecule has 0 unspecified atom stereocenters. The third-order valence-corrected chi connectivity index (χ3v) is 1.02. The molecule has 0 spiro atoms. The van der Waals surface area contributed by atoms with Crippen LogP contribution in [0.2, 0.25) is 0 Å². The maximum atomic E-state index is 8.25. The summed E-state index contributed by atoms with van der Waals surface area (Å²) in [6.07, 6.45) is 4.08. The van der Waals surface area contributed by atoms with Crippen molar-refractivity contribution in [1.29, 1.82) is 0 Å². The molecule has 0 aromatic rings. The van der Waals surface area contributed by atoms with E-state index in [0.717, 1.165) is 46.1 Å².